The molecule has 34 heavy (non-hydrogen) atoms. The van der Waals surface area contributed by atoms with Gasteiger partial charge in [-0.2, -0.15) is 0 Å². The lowest BCUT2D eigenvalue weighted by Gasteiger charge is -2.26. The van der Waals surface area contributed by atoms with Gasteiger partial charge >= 0.3 is 0 Å². The molecular formula is C29H31FN2O2. The van der Waals surface area contributed by atoms with Crippen LogP contribution in [-0.2, 0) is 22.6 Å². The van der Waals surface area contributed by atoms with Crippen molar-refractivity contribution in [2.45, 2.75) is 51.6 Å². The maximum Gasteiger partial charge on any atom is 0.230 e. The van der Waals surface area contributed by atoms with E-state index in [0.29, 0.717) is 6.54 Å². The molecule has 0 bridgehead atoms. The largest absolute Gasteiger partial charge is 0.349 e. The molecule has 5 heteroatoms. The average molecular weight is 459 g/mol. The number of halogens is 1. The summed E-state index contributed by atoms with van der Waals surface area (Å²) in [5, 5.41) is 3.04. The summed E-state index contributed by atoms with van der Waals surface area (Å²) >= 11 is 0. The first-order valence-electron chi connectivity index (χ1n) is 12.0. The SMILES string of the molecule is C[C@H](NC(=O)Cc1ccc(N(Cc2cccc(F)c2)C(=O)C2CCCC2)cc1)c1ccccc1. The van der Waals surface area contributed by atoms with Crippen molar-refractivity contribution < 1.29 is 14.0 Å². The number of nitrogens with zero attached hydrogens (tertiary/aromatic N) is 1. The number of rotatable bonds is 8. The van der Waals surface area contributed by atoms with Crippen LogP contribution in [0.1, 0.15) is 55.3 Å². The number of nitrogens with one attached hydrogen (secondary N) is 1. The maximum atomic E-state index is 13.8. The van der Waals surface area contributed by atoms with Crippen LogP contribution < -0.4 is 10.2 Å². The topological polar surface area (TPSA) is 49.4 Å². The predicted octanol–water partition coefficient (Wildman–Crippen LogP) is 5.97. The van der Waals surface area contributed by atoms with E-state index in [1.165, 1.54) is 12.1 Å². The Kier molecular flexibility index (Phi) is 7.73. The zero-order valence-corrected chi connectivity index (χ0v) is 19.5. The van der Waals surface area contributed by atoms with Crippen molar-refractivity contribution in [1.29, 1.82) is 0 Å². The fraction of sp³-hybridized carbons (Fsp3) is 0.310. The van der Waals surface area contributed by atoms with Gasteiger partial charge in [-0.05, 0) is 60.7 Å². The van der Waals surface area contributed by atoms with E-state index >= 15 is 0 Å². The summed E-state index contributed by atoms with van der Waals surface area (Å²) in [5.41, 5.74) is 3.46. The van der Waals surface area contributed by atoms with Gasteiger partial charge in [-0.15, -0.1) is 0 Å². The molecule has 1 atom stereocenters. The number of anilines is 1. The van der Waals surface area contributed by atoms with Crippen LogP contribution in [0.25, 0.3) is 0 Å². The molecule has 2 amide bonds. The Morgan fingerprint density at radius 2 is 1.65 bits per heavy atom. The molecule has 0 aliphatic heterocycles. The van der Waals surface area contributed by atoms with Gasteiger partial charge in [0, 0.05) is 11.6 Å². The second-order valence-corrected chi connectivity index (χ2v) is 9.08. The van der Waals surface area contributed by atoms with Crippen molar-refractivity contribution in [3.05, 3.63) is 101 Å². The van der Waals surface area contributed by atoms with Gasteiger partial charge in [0.2, 0.25) is 11.8 Å². The number of amides is 2. The highest BCUT2D eigenvalue weighted by atomic mass is 19.1. The number of carbonyl (C=O) groups is 2. The summed E-state index contributed by atoms with van der Waals surface area (Å²) in [6, 6.07) is 23.7. The molecule has 4 rings (SSSR count). The number of hydrogen-bond donors (Lipinski definition) is 1. The molecule has 1 aliphatic rings. The second-order valence-electron chi connectivity index (χ2n) is 9.08. The van der Waals surface area contributed by atoms with Gasteiger partial charge in [-0.1, -0.05) is 67.4 Å². The Labute approximate surface area is 200 Å². The van der Waals surface area contributed by atoms with Gasteiger partial charge in [0.05, 0.1) is 19.0 Å². The first-order chi connectivity index (χ1) is 16.5. The zero-order valence-electron chi connectivity index (χ0n) is 19.5. The highest BCUT2D eigenvalue weighted by molar-refractivity contribution is 5.95. The third kappa shape index (κ3) is 6.10. The fourth-order valence-corrected chi connectivity index (χ4v) is 4.60. The summed E-state index contributed by atoms with van der Waals surface area (Å²) in [6.45, 7) is 2.29. The molecule has 0 heterocycles. The molecule has 0 saturated heterocycles. The molecule has 0 radical (unpaired) electrons. The van der Waals surface area contributed by atoms with Crippen LogP contribution in [0.15, 0.2) is 78.9 Å². The third-order valence-corrected chi connectivity index (χ3v) is 6.49. The van der Waals surface area contributed by atoms with Gasteiger partial charge in [0.15, 0.2) is 0 Å². The monoisotopic (exact) mass is 458 g/mol. The lowest BCUT2D eigenvalue weighted by atomic mass is 10.0. The van der Waals surface area contributed by atoms with Crippen LogP contribution in [0.3, 0.4) is 0 Å². The Hall–Kier alpha value is -3.47. The van der Waals surface area contributed by atoms with Crippen molar-refractivity contribution >= 4 is 17.5 Å². The van der Waals surface area contributed by atoms with Crippen molar-refractivity contribution in [3.63, 3.8) is 0 Å². The Bertz CT molecular complexity index is 1110. The lowest BCUT2D eigenvalue weighted by Crippen LogP contribution is -2.35. The van der Waals surface area contributed by atoms with E-state index in [4.69, 9.17) is 0 Å². The second kappa shape index (κ2) is 11.1. The highest BCUT2D eigenvalue weighted by Gasteiger charge is 2.28. The van der Waals surface area contributed by atoms with Gasteiger partial charge in [-0.3, -0.25) is 9.59 Å². The summed E-state index contributed by atoms with van der Waals surface area (Å²) in [4.78, 5) is 27.6. The molecule has 3 aromatic carbocycles. The highest BCUT2D eigenvalue weighted by Crippen LogP contribution is 2.30. The normalized spacial score (nSPS) is 14.5. The smallest absolute Gasteiger partial charge is 0.230 e. The number of benzene rings is 3. The molecule has 0 unspecified atom stereocenters. The minimum Gasteiger partial charge on any atom is -0.349 e. The molecule has 1 fully saturated rings. The molecule has 3 aromatic rings. The van der Waals surface area contributed by atoms with E-state index in [1.54, 1.807) is 11.0 Å². The molecule has 0 aromatic heterocycles. The molecule has 176 valence electrons. The average Bonchev–Trinajstić information content (AvgIpc) is 3.38. The minimum absolute atomic E-state index is 0.0125. The maximum absolute atomic E-state index is 13.8. The Balaban J connectivity index is 1.45. The van der Waals surface area contributed by atoms with E-state index in [9.17, 15) is 14.0 Å². The van der Waals surface area contributed by atoms with E-state index in [1.807, 2.05) is 67.6 Å². The Morgan fingerprint density at radius 1 is 0.941 bits per heavy atom. The lowest BCUT2D eigenvalue weighted by molar-refractivity contribution is -0.122. The number of hydrogen-bond acceptors (Lipinski definition) is 2. The van der Waals surface area contributed by atoms with Crippen LogP contribution in [-0.4, -0.2) is 11.8 Å². The summed E-state index contributed by atoms with van der Waals surface area (Å²) in [7, 11) is 0. The molecule has 4 nitrogen and oxygen atoms in total. The Morgan fingerprint density at radius 3 is 2.32 bits per heavy atom. The van der Waals surface area contributed by atoms with Crippen LogP contribution in [0.2, 0.25) is 0 Å². The quantitative estimate of drug-likeness (QED) is 0.452. The van der Waals surface area contributed by atoms with Crippen molar-refractivity contribution in [3.8, 4) is 0 Å². The number of carbonyl (C=O) groups excluding carboxylic acids is 2. The summed E-state index contributed by atoms with van der Waals surface area (Å²) in [6.07, 6.45) is 4.20. The van der Waals surface area contributed by atoms with Crippen LogP contribution >= 0.6 is 0 Å². The molecule has 0 spiro atoms. The summed E-state index contributed by atoms with van der Waals surface area (Å²) < 4.78 is 13.8. The van der Waals surface area contributed by atoms with E-state index in [0.717, 1.165) is 48.1 Å². The first-order valence-corrected chi connectivity index (χ1v) is 12.0. The van der Waals surface area contributed by atoms with E-state index in [2.05, 4.69) is 5.32 Å². The van der Waals surface area contributed by atoms with E-state index in [-0.39, 0.29) is 36.0 Å². The zero-order chi connectivity index (χ0) is 23.9. The van der Waals surface area contributed by atoms with Gasteiger partial charge in [0.1, 0.15) is 5.82 Å². The van der Waals surface area contributed by atoms with Crippen molar-refractivity contribution in [2.24, 2.45) is 5.92 Å². The first kappa shape index (κ1) is 23.7. The van der Waals surface area contributed by atoms with Crippen molar-refractivity contribution in [1.82, 2.24) is 5.32 Å². The predicted molar refractivity (Wildman–Crippen MR) is 133 cm³/mol. The van der Waals surface area contributed by atoms with Crippen LogP contribution in [0.5, 0.6) is 0 Å². The molecule has 1 saturated carbocycles. The van der Waals surface area contributed by atoms with Gasteiger partial charge in [0.25, 0.3) is 0 Å². The molecular weight excluding hydrogens is 427 g/mol. The summed E-state index contributed by atoms with van der Waals surface area (Å²) in [5.74, 6) is -0.262. The van der Waals surface area contributed by atoms with Gasteiger partial charge in [-0.25, -0.2) is 4.39 Å². The fourth-order valence-electron chi connectivity index (χ4n) is 4.60. The van der Waals surface area contributed by atoms with Crippen LogP contribution in [0.4, 0.5) is 10.1 Å². The minimum atomic E-state index is -0.308. The standard InChI is InChI=1S/C29H31FN2O2/c1-21(24-9-3-2-4-10-24)31-28(33)19-22-14-16-27(17-15-22)32(29(34)25-11-5-6-12-25)20-23-8-7-13-26(30)18-23/h2-4,7-10,13-18,21,25H,5-6,11-12,19-20H2,1H3,(H,31,33)/t21-/m0/s1. The van der Waals surface area contributed by atoms with Gasteiger partial charge < -0.3 is 10.2 Å². The third-order valence-electron chi connectivity index (χ3n) is 6.49. The molecule has 1 N–H and O–H groups in total. The van der Waals surface area contributed by atoms with Crippen LogP contribution in [0, 0.1) is 11.7 Å². The van der Waals surface area contributed by atoms with Crippen molar-refractivity contribution in [2.75, 3.05) is 4.90 Å². The van der Waals surface area contributed by atoms with E-state index < -0.39 is 0 Å². The molecule has 1 aliphatic carbocycles.